The van der Waals surface area contributed by atoms with Gasteiger partial charge in [0.25, 0.3) is 5.91 Å². The molecule has 2 aromatic carbocycles. The predicted molar refractivity (Wildman–Crippen MR) is 163 cm³/mol. The number of H-pyrrole nitrogens is 1. The molecule has 0 spiro atoms. The van der Waals surface area contributed by atoms with Gasteiger partial charge >= 0.3 is 5.69 Å². The van der Waals surface area contributed by atoms with E-state index in [1.807, 2.05) is 72.3 Å². The minimum absolute atomic E-state index is 0.0153. The molecule has 2 aliphatic heterocycles. The van der Waals surface area contributed by atoms with Crippen molar-refractivity contribution in [3.05, 3.63) is 82.6 Å². The van der Waals surface area contributed by atoms with E-state index in [0.29, 0.717) is 45.4 Å². The molecule has 4 aromatic rings. The van der Waals surface area contributed by atoms with Crippen molar-refractivity contribution in [1.82, 2.24) is 19.0 Å². The van der Waals surface area contributed by atoms with Crippen molar-refractivity contribution in [3.63, 3.8) is 0 Å². The molecule has 3 atom stereocenters. The minimum Gasteiger partial charge on any atom is -0.459 e. The summed E-state index contributed by atoms with van der Waals surface area (Å²) in [5, 5.41) is 10.6. The molecule has 6 rings (SSSR count). The van der Waals surface area contributed by atoms with Crippen molar-refractivity contribution >= 4 is 33.8 Å². The highest BCUT2D eigenvalue weighted by Crippen LogP contribution is 2.43. The number of aliphatic hydroxyl groups is 1. The van der Waals surface area contributed by atoms with Crippen LogP contribution in [0.5, 0.6) is 0 Å². The number of carbonyl (C=O) groups is 2. The van der Waals surface area contributed by atoms with Crippen molar-refractivity contribution in [2.75, 3.05) is 26.3 Å². The molecule has 226 valence electrons. The highest BCUT2D eigenvalue weighted by Gasteiger charge is 2.40. The fraction of sp³-hybridized carbons (Fsp3) is 0.424. The number of fused-ring (bicyclic) bond motifs is 2. The first-order valence-electron chi connectivity index (χ1n) is 15.1. The molecule has 1 fully saturated rings. The van der Waals surface area contributed by atoms with E-state index in [4.69, 9.17) is 9.47 Å². The van der Waals surface area contributed by atoms with Gasteiger partial charge in [-0.25, -0.2) is 4.79 Å². The number of hydrogen-bond acceptors (Lipinski definition) is 6. The lowest BCUT2D eigenvalue weighted by Gasteiger charge is -2.39. The van der Waals surface area contributed by atoms with Crippen LogP contribution in [0.1, 0.15) is 61.8 Å². The van der Waals surface area contributed by atoms with Gasteiger partial charge in [-0.1, -0.05) is 30.3 Å². The number of carbonyl (C=O) groups excluding carboxylic acids is 2. The molecule has 43 heavy (non-hydrogen) atoms. The number of benzene rings is 2. The Morgan fingerprint density at radius 1 is 1.07 bits per heavy atom. The molecule has 10 nitrogen and oxygen atoms in total. The maximum Gasteiger partial charge on any atom is 0.326 e. The standard InChI is InChI=1S/C33H38N4O6/c1-3-42-32-24(10-8-18-38)25(26-20-36(21(2)39)28-12-6-4-9-23(26)28)19-30(43-32)31(40)35-16-14-22(15-17-35)37-29-13-7-5-11-27(29)34-33(37)41/h4-7,9,11-13,19-20,22,24-25,32,38H,3,8,10,14-18H2,1-2H3,(H,34,41)/t24-,25-,32+/m0/s1. The summed E-state index contributed by atoms with van der Waals surface area (Å²) in [7, 11) is 0. The Kier molecular flexibility index (Phi) is 8.23. The zero-order valence-electron chi connectivity index (χ0n) is 24.6. The molecule has 2 aliphatic rings. The third-order valence-electron chi connectivity index (χ3n) is 8.80. The number of nitrogens with one attached hydrogen (secondary N) is 1. The first-order chi connectivity index (χ1) is 20.9. The van der Waals surface area contributed by atoms with Crippen LogP contribution in [-0.2, 0) is 14.3 Å². The van der Waals surface area contributed by atoms with Crippen LogP contribution >= 0.6 is 0 Å². The molecule has 2 aromatic heterocycles. The molecular formula is C33H38N4O6. The SMILES string of the molecule is CCO[C@@H]1OC(C(=O)N2CCC(n3c(=O)[nH]c4ccccc43)CC2)=C[C@H](c2cn(C(C)=O)c3ccccc23)[C@@H]1CCCO. The van der Waals surface area contributed by atoms with E-state index in [9.17, 15) is 19.5 Å². The molecule has 0 unspecified atom stereocenters. The number of imidazole rings is 1. The monoisotopic (exact) mass is 586 g/mol. The van der Waals surface area contributed by atoms with Crippen LogP contribution in [0.15, 0.2) is 71.4 Å². The Labute approximate surface area is 249 Å². The summed E-state index contributed by atoms with van der Waals surface area (Å²) >= 11 is 0. The summed E-state index contributed by atoms with van der Waals surface area (Å²) in [5.74, 6) is -0.528. The van der Waals surface area contributed by atoms with E-state index in [2.05, 4.69) is 4.98 Å². The Morgan fingerprint density at radius 2 is 1.79 bits per heavy atom. The average molecular weight is 587 g/mol. The topological polar surface area (TPSA) is 119 Å². The number of likely N-dealkylation sites (tertiary alicyclic amines) is 1. The summed E-state index contributed by atoms with van der Waals surface area (Å²) in [4.78, 5) is 44.0. The summed E-state index contributed by atoms with van der Waals surface area (Å²) in [6.45, 7) is 4.82. The number of aliphatic hydroxyl groups excluding tert-OH is 1. The van der Waals surface area contributed by atoms with Gasteiger partial charge in [0.2, 0.25) is 12.2 Å². The van der Waals surface area contributed by atoms with Crippen molar-refractivity contribution in [1.29, 1.82) is 0 Å². The molecule has 0 radical (unpaired) electrons. The van der Waals surface area contributed by atoms with Crippen molar-refractivity contribution in [2.24, 2.45) is 5.92 Å². The average Bonchev–Trinajstić information content (AvgIpc) is 3.57. The molecule has 1 saturated heterocycles. The van der Waals surface area contributed by atoms with Crippen molar-refractivity contribution in [2.45, 2.75) is 57.8 Å². The lowest BCUT2D eigenvalue weighted by molar-refractivity contribution is -0.170. The zero-order valence-corrected chi connectivity index (χ0v) is 24.6. The molecular weight excluding hydrogens is 548 g/mol. The van der Waals surface area contributed by atoms with Crippen LogP contribution in [-0.4, -0.2) is 68.5 Å². The first-order valence-corrected chi connectivity index (χ1v) is 15.1. The van der Waals surface area contributed by atoms with Crippen LogP contribution in [0.4, 0.5) is 0 Å². The van der Waals surface area contributed by atoms with Gasteiger partial charge in [-0.05, 0) is 62.4 Å². The van der Waals surface area contributed by atoms with Gasteiger partial charge < -0.3 is 24.5 Å². The fourth-order valence-corrected chi connectivity index (χ4v) is 6.77. The van der Waals surface area contributed by atoms with E-state index in [1.165, 1.54) is 6.92 Å². The predicted octanol–water partition coefficient (Wildman–Crippen LogP) is 4.56. The van der Waals surface area contributed by atoms with E-state index in [1.54, 1.807) is 9.47 Å². The van der Waals surface area contributed by atoms with Gasteiger partial charge in [0, 0.05) is 62.7 Å². The number of para-hydroxylation sites is 3. The van der Waals surface area contributed by atoms with E-state index >= 15 is 0 Å². The van der Waals surface area contributed by atoms with Gasteiger partial charge in [-0.2, -0.15) is 0 Å². The van der Waals surface area contributed by atoms with E-state index in [-0.39, 0.29) is 47.7 Å². The van der Waals surface area contributed by atoms with Gasteiger partial charge in [-0.3, -0.25) is 18.7 Å². The van der Waals surface area contributed by atoms with Gasteiger partial charge in [0.15, 0.2) is 5.76 Å². The van der Waals surface area contributed by atoms with Gasteiger partial charge in [-0.15, -0.1) is 0 Å². The van der Waals surface area contributed by atoms with Crippen LogP contribution < -0.4 is 5.69 Å². The maximum absolute atomic E-state index is 14.0. The highest BCUT2D eigenvalue weighted by molar-refractivity contribution is 5.95. The number of rotatable bonds is 8. The number of piperidine rings is 1. The second kappa shape index (κ2) is 12.2. The molecule has 0 aliphatic carbocycles. The van der Waals surface area contributed by atoms with Crippen LogP contribution in [0.2, 0.25) is 0 Å². The number of amides is 1. The number of ether oxygens (including phenoxy) is 2. The summed E-state index contributed by atoms with van der Waals surface area (Å²) < 4.78 is 15.8. The third-order valence-corrected chi connectivity index (χ3v) is 8.80. The summed E-state index contributed by atoms with van der Waals surface area (Å²) in [6, 6.07) is 15.4. The number of nitrogens with zero attached hydrogens (tertiary/aromatic N) is 3. The van der Waals surface area contributed by atoms with E-state index < -0.39 is 6.29 Å². The van der Waals surface area contributed by atoms with Gasteiger partial charge in [0.1, 0.15) is 0 Å². The van der Waals surface area contributed by atoms with Gasteiger partial charge in [0.05, 0.1) is 16.6 Å². The molecule has 0 saturated carbocycles. The number of aromatic amines is 1. The number of allylic oxidation sites excluding steroid dienone is 1. The quantitative estimate of drug-likeness (QED) is 0.313. The molecule has 1 amide bonds. The second-order valence-electron chi connectivity index (χ2n) is 11.4. The molecule has 0 bridgehead atoms. The normalized spacial score (nSPS) is 21.2. The summed E-state index contributed by atoms with van der Waals surface area (Å²) in [5.41, 5.74) is 3.27. The lowest BCUT2D eigenvalue weighted by atomic mass is 9.80. The summed E-state index contributed by atoms with van der Waals surface area (Å²) in [6.07, 6.45) is 5.51. The minimum atomic E-state index is -0.688. The third kappa shape index (κ3) is 5.41. The molecule has 2 N–H and O–H groups in total. The lowest BCUT2D eigenvalue weighted by Crippen LogP contribution is -2.44. The highest BCUT2D eigenvalue weighted by atomic mass is 16.7. The van der Waals surface area contributed by atoms with Crippen molar-refractivity contribution < 1.29 is 24.2 Å². The molecule has 10 heteroatoms. The van der Waals surface area contributed by atoms with Crippen LogP contribution in [0, 0.1) is 5.92 Å². The molecule has 4 heterocycles. The van der Waals surface area contributed by atoms with E-state index in [0.717, 1.165) is 27.5 Å². The zero-order chi connectivity index (χ0) is 30.1. The second-order valence-corrected chi connectivity index (χ2v) is 11.4. The fourth-order valence-electron chi connectivity index (χ4n) is 6.77. The number of hydrogen-bond donors (Lipinski definition) is 2. The largest absolute Gasteiger partial charge is 0.459 e. The Balaban J connectivity index is 1.31. The Morgan fingerprint density at radius 3 is 2.51 bits per heavy atom. The Bertz CT molecular complexity index is 1720. The van der Waals surface area contributed by atoms with Crippen LogP contribution in [0.25, 0.3) is 21.9 Å². The van der Waals surface area contributed by atoms with Crippen LogP contribution in [0.3, 0.4) is 0 Å². The number of aromatic nitrogens is 3. The Hall–Kier alpha value is -4.15. The smallest absolute Gasteiger partial charge is 0.326 e. The van der Waals surface area contributed by atoms with Crippen molar-refractivity contribution in [3.8, 4) is 0 Å². The maximum atomic E-state index is 14.0. The first kappa shape index (κ1) is 28.9.